The molecule has 24 heavy (non-hydrogen) atoms. The van der Waals surface area contributed by atoms with E-state index in [2.05, 4.69) is 11.1 Å². The van der Waals surface area contributed by atoms with Crippen molar-refractivity contribution in [2.45, 2.75) is 0 Å². The lowest BCUT2D eigenvalue weighted by molar-refractivity contribution is 0.619. The van der Waals surface area contributed by atoms with Gasteiger partial charge in [-0.25, -0.2) is 9.37 Å². The number of oxazole rings is 1. The van der Waals surface area contributed by atoms with E-state index in [0.717, 1.165) is 11.1 Å². The molecular weight excluding hydrogens is 303 g/mol. The molecule has 3 aromatic carbocycles. The third kappa shape index (κ3) is 2.42. The zero-order chi connectivity index (χ0) is 16.5. The molecule has 0 fully saturated rings. The molecule has 4 rings (SSSR count). The number of rotatable bonds is 2. The van der Waals surface area contributed by atoms with E-state index in [-0.39, 0.29) is 5.82 Å². The number of hydrogen-bond acceptors (Lipinski definition) is 3. The quantitative estimate of drug-likeness (QED) is 0.512. The zero-order valence-electron chi connectivity index (χ0n) is 12.5. The van der Waals surface area contributed by atoms with Crippen molar-refractivity contribution in [1.82, 2.24) is 4.98 Å². The van der Waals surface area contributed by atoms with E-state index >= 15 is 0 Å². The Morgan fingerprint density at radius 1 is 0.917 bits per heavy atom. The Bertz CT molecular complexity index is 1090. The highest BCUT2D eigenvalue weighted by Gasteiger charge is 2.11. The largest absolute Gasteiger partial charge is 0.436 e. The van der Waals surface area contributed by atoms with E-state index in [9.17, 15) is 4.39 Å². The third-order valence-electron chi connectivity index (χ3n) is 3.81. The van der Waals surface area contributed by atoms with Crippen molar-refractivity contribution in [3.05, 3.63) is 78.1 Å². The van der Waals surface area contributed by atoms with Gasteiger partial charge in [0.05, 0.1) is 11.6 Å². The van der Waals surface area contributed by atoms with E-state index in [1.54, 1.807) is 48.5 Å². The van der Waals surface area contributed by atoms with Crippen LogP contribution < -0.4 is 0 Å². The number of aromatic nitrogens is 1. The van der Waals surface area contributed by atoms with Gasteiger partial charge in [0.2, 0.25) is 5.89 Å². The van der Waals surface area contributed by atoms with Crippen molar-refractivity contribution < 1.29 is 8.81 Å². The lowest BCUT2D eigenvalue weighted by atomic mass is 10.1. The first-order valence-electron chi connectivity index (χ1n) is 7.40. The molecule has 0 bridgehead atoms. The summed E-state index contributed by atoms with van der Waals surface area (Å²) in [6.45, 7) is 0. The molecular formula is C20H11FN2O. The fraction of sp³-hybridized carbons (Fsp3) is 0. The molecule has 0 atom stereocenters. The second-order valence-electron chi connectivity index (χ2n) is 5.37. The minimum absolute atomic E-state index is 0.279. The van der Waals surface area contributed by atoms with Gasteiger partial charge in [0.25, 0.3) is 0 Å². The molecule has 0 unspecified atom stereocenters. The average molecular weight is 314 g/mol. The molecule has 114 valence electrons. The monoisotopic (exact) mass is 314 g/mol. The highest BCUT2D eigenvalue weighted by molar-refractivity contribution is 5.82. The Balaban J connectivity index is 1.82. The van der Waals surface area contributed by atoms with Crippen molar-refractivity contribution in [2.24, 2.45) is 0 Å². The van der Waals surface area contributed by atoms with Crippen LogP contribution in [0.1, 0.15) is 5.56 Å². The first-order chi connectivity index (χ1) is 11.7. The molecule has 1 heterocycles. The first kappa shape index (κ1) is 14.2. The van der Waals surface area contributed by atoms with E-state index in [4.69, 9.17) is 9.68 Å². The number of fused-ring (bicyclic) bond motifs is 1. The summed E-state index contributed by atoms with van der Waals surface area (Å²) in [7, 11) is 0. The molecule has 0 aliphatic rings. The lowest BCUT2D eigenvalue weighted by Gasteiger charge is -2.02. The van der Waals surface area contributed by atoms with Crippen LogP contribution >= 0.6 is 0 Å². The SMILES string of the molecule is N#Cc1cccc(-c2nc3ccc(-c4ccccc4F)cc3o2)c1. The maximum Gasteiger partial charge on any atom is 0.227 e. The van der Waals surface area contributed by atoms with Gasteiger partial charge < -0.3 is 4.42 Å². The Morgan fingerprint density at radius 3 is 2.62 bits per heavy atom. The van der Waals surface area contributed by atoms with Gasteiger partial charge in [-0.3, -0.25) is 0 Å². The highest BCUT2D eigenvalue weighted by atomic mass is 19.1. The molecule has 0 saturated carbocycles. The van der Waals surface area contributed by atoms with Crippen molar-refractivity contribution in [3.63, 3.8) is 0 Å². The van der Waals surface area contributed by atoms with Crippen LogP contribution in [-0.4, -0.2) is 4.98 Å². The highest BCUT2D eigenvalue weighted by Crippen LogP contribution is 2.29. The number of benzene rings is 3. The molecule has 0 aliphatic heterocycles. The van der Waals surface area contributed by atoms with E-state index in [0.29, 0.717) is 28.1 Å². The summed E-state index contributed by atoms with van der Waals surface area (Å²) in [5, 5.41) is 9.00. The van der Waals surface area contributed by atoms with Crippen molar-refractivity contribution >= 4 is 11.1 Å². The predicted octanol–water partition coefficient (Wildman–Crippen LogP) is 5.17. The second kappa shape index (κ2) is 5.64. The van der Waals surface area contributed by atoms with Crippen LogP contribution in [-0.2, 0) is 0 Å². The van der Waals surface area contributed by atoms with Crippen molar-refractivity contribution in [1.29, 1.82) is 5.26 Å². The number of nitrogens with zero attached hydrogens (tertiary/aromatic N) is 2. The van der Waals surface area contributed by atoms with Crippen LogP contribution in [0.3, 0.4) is 0 Å². The predicted molar refractivity (Wildman–Crippen MR) is 89.6 cm³/mol. The van der Waals surface area contributed by atoms with E-state index in [1.807, 2.05) is 12.1 Å². The summed E-state index contributed by atoms with van der Waals surface area (Å²) in [6, 6.07) is 21.2. The third-order valence-corrected chi connectivity index (χ3v) is 3.81. The van der Waals surface area contributed by atoms with Crippen LogP contribution in [0.2, 0.25) is 0 Å². The Kier molecular flexibility index (Phi) is 3.33. The Labute approximate surface area is 137 Å². The molecule has 3 nitrogen and oxygen atoms in total. The summed E-state index contributed by atoms with van der Waals surface area (Å²) in [5.74, 6) is 0.158. The molecule has 1 aromatic heterocycles. The van der Waals surface area contributed by atoms with Crippen LogP contribution in [0.25, 0.3) is 33.7 Å². The molecule has 0 radical (unpaired) electrons. The summed E-state index contributed by atoms with van der Waals surface area (Å²) in [6.07, 6.45) is 0. The average Bonchev–Trinajstić information content (AvgIpc) is 3.05. The summed E-state index contributed by atoms with van der Waals surface area (Å²) < 4.78 is 19.8. The topological polar surface area (TPSA) is 49.8 Å². The Morgan fingerprint density at radius 2 is 1.79 bits per heavy atom. The molecule has 0 N–H and O–H groups in total. The van der Waals surface area contributed by atoms with E-state index < -0.39 is 0 Å². The zero-order valence-corrected chi connectivity index (χ0v) is 12.5. The standard InChI is InChI=1S/C20H11FN2O/c21-17-7-2-1-6-16(17)14-8-9-18-19(11-14)24-20(23-18)15-5-3-4-13(10-15)12-22/h1-11H. The maximum atomic E-state index is 14.0. The fourth-order valence-corrected chi connectivity index (χ4v) is 2.63. The van der Waals surface area contributed by atoms with Gasteiger partial charge in [0.1, 0.15) is 11.3 Å². The van der Waals surface area contributed by atoms with Gasteiger partial charge in [0.15, 0.2) is 5.58 Å². The van der Waals surface area contributed by atoms with Gasteiger partial charge >= 0.3 is 0 Å². The normalized spacial score (nSPS) is 10.7. The minimum Gasteiger partial charge on any atom is -0.436 e. The van der Waals surface area contributed by atoms with Crippen LogP contribution in [0.15, 0.2) is 71.1 Å². The molecule has 4 heteroatoms. The minimum atomic E-state index is -0.279. The van der Waals surface area contributed by atoms with E-state index in [1.165, 1.54) is 6.07 Å². The van der Waals surface area contributed by atoms with Crippen LogP contribution in [0.4, 0.5) is 4.39 Å². The van der Waals surface area contributed by atoms with Gasteiger partial charge in [-0.1, -0.05) is 30.3 Å². The smallest absolute Gasteiger partial charge is 0.227 e. The summed E-state index contributed by atoms with van der Waals surface area (Å²) in [5.41, 5.74) is 3.79. The van der Waals surface area contributed by atoms with Gasteiger partial charge in [0, 0.05) is 11.1 Å². The molecule has 0 saturated heterocycles. The number of hydrogen-bond donors (Lipinski definition) is 0. The summed E-state index contributed by atoms with van der Waals surface area (Å²) >= 11 is 0. The first-order valence-corrected chi connectivity index (χ1v) is 7.40. The second-order valence-corrected chi connectivity index (χ2v) is 5.37. The van der Waals surface area contributed by atoms with Crippen molar-refractivity contribution in [3.8, 4) is 28.7 Å². The fourth-order valence-electron chi connectivity index (χ4n) is 2.63. The maximum absolute atomic E-state index is 14.0. The number of halogens is 1. The molecule has 0 spiro atoms. The lowest BCUT2D eigenvalue weighted by Crippen LogP contribution is -1.83. The van der Waals surface area contributed by atoms with Gasteiger partial charge in [-0.2, -0.15) is 5.26 Å². The molecule has 0 aliphatic carbocycles. The van der Waals surface area contributed by atoms with Crippen LogP contribution in [0.5, 0.6) is 0 Å². The summed E-state index contributed by atoms with van der Waals surface area (Å²) in [4.78, 5) is 4.45. The molecule has 0 amide bonds. The van der Waals surface area contributed by atoms with Gasteiger partial charge in [-0.05, 0) is 42.0 Å². The van der Waals surface area contributed by atoms with Crippen molar-refractivity contribution in [2.75, 3.05) is 0 Å². The van der Waals surface area contributed by atoms with Crippen LogP contribution in [0, 0.1) is 17.1 Å². The Hall–Kier alpha value is -3.45. The number of nitriles is 1. The molecule has 4 aromatic rings. The van der Waals surface area contributed by atoms with Gasteiger partial charge in [-0.15, -0.1) is 0 Å².